The number of furan rings is 1. The highest BCUT2D eigenvalue weighted by Crippen LogP contribution is 2.35. The van der Waals surface area contributed by atoms with Gasteiger partial charge in [0.05, 0.1) is 17.7 Å². The van der Waals surface area contributed by atoms with Gasteiger partial charge in [-0.05, 0) is 48.7 Å². The molecule has 0 aliphatic carbocycles. The number of anilines is 1. The van der Waals surface area contributed by atoms with Crippen LogP contribution in [0, 0.1) is 0 Å². The molecule has 30 heavy (non-hydrogen) atoms. The van der Waals surface area contributed by atoms with Crippen LogP contribution in [0.4, 0.5) is 5.69 Å². The Kier molecular flexibility index (Phi) is 5.66. The number of rotatable bonds is 5. The molecule has 1 aromatic carbocycles. The highest BCUT2D eigenvalue weighted by atomic mass is 32.2. The normalized spacial score (nSPS) is 19.5. The molecule has 0 spiro atoms. The van der Waals surface area contributed by atoms with Crippen molar-refractivity contribution in [3.63, 3.8) is 0 Å². The summed E-state index contributed by atoms with van der Waals surface area (Å²) in [6.45, 7) is 2.67. The number of amides is 2. The van der Waals surface area contributed by atoms with Crippen molar-refractivity contribution in [2.45, 2.75) is 50.1 Å². The van der Waals surface area contributed by atoms with Gasteiger partial charge < -0.3 is 9.73 Å². The predicted octanol–water partition coefficient (Wildman–Crippen LogP) is 2.05. The molecule has 3 heterocycles. The monoisotopic (exact) mass is 431 g/mol. The Hall–Kier alpha value is -2.65. The summed E-state index contributed by atoms with van der Waals surface area (Å²) in [6, 6.07) is 7.54. The number of hydrogen-bond acceptors (Lipinski definition) is 5. The summed E-state index contributed by atoms with van der Waals surface area (Å²) in [6.07, 6.45) is 4.56. The average molecular weight is 432 g/mol. The van der Waals surface area contributed by atoms with Gasteiger partial charge in [0.2, 0.25) is 21.8 Å². The molecule has 1 atom stereocenters. The third-order valence-corrected chi connectivity index (χ3v) is 7.54. The van der Waals surface area contributed by atoms with E-state index in [2.05, 4.69) is 5.32 Å². The lowest BCUT2D eigenvalue weighted by molar-refractivity contribution is -0.125. The second-order valence-electron chi connectivity index (χ2n) is 7.66. The molecule has 1 N–H and O–H groups in total. The number of nitrogens with zero attached hydrogens (tertiary/aromatic N) is 2. The lowest BCUT2D eigenvalue weighted by atomic mass is 10.1. The molecular weight excluding hydrogens is 406 g/mol. The lowest BCUT2D eigenvalue weighted by Gasteiger charge is -2.26. The van der Waals surface area contributed by atoms with E-state index in [-0.39, 0.29) is 29.7 Å². The second kappa shape index (κ2) is 8.23. The van der Waals surface area contributed by atoms with E-state index in [1.807, 2.05) is 0 Å². The molecule has 0 bridgehead atoms. The molecule has 1 saturated heterocycles. The first-order valence-electron chi connectivity index (χ1n) is 10.1. The minimum absolute atomic E-state index is 0.211. The van der Waals surface area contributed by atoms with Gasteiger partial charge in [0, 0.05) is 32.1 Å². The fourth-order valence-electron chi connectivity index (χ4n) is 4.15. The quantitative estimate of drug-likeness (QED) is 0.781. The Morgan fingerprint density at radius 3 is 2.60 bits per heavy atom. The average Bonchev–Trinajstić information content (AvgIpc) is 3.39. The Balaban J connectivity index is 1.57. The maximum absolute atomic E-state index is 13.0. The minimum atomic E-state index is -3.58. The van der Waals surface area contributed by atoms with Crippen LogP contribution in [-0.4, -0.2) is 43.7 Å². The van der Waals surface area contributed by atoms with Crippen molar-refractivity contribution < 1.29 is 22.4 Å². The Bertz CT molecular complexity index is 1040. The predicted molar refractivity (Wildman–Crippen MR) is 110 cm³/mol. The molecule has 0 radical (unpaired) electrons. The van der Waals surface area contributed by atoms with Gasteiger partial charge in [0.25, 0.3) is 0 Å². The summed E-state index contributed by atoms with van der Waals surface area (Å²) in [7, 11) is -3.58. The number of carbonyl (C=O) groups excluding carboxylic acids is 2. The molecule has 1 aromatic heterocycles. The van der Waals surface area contributed by atoms with E-state index in [1.54, 1.807) is 24.3 Å². The highest BCUT2D eigenvalue weighted by Gasteiger charge is 2.38. The van der Waals surface area contributed by atoms with E-state index in [0.29, 0.717) is 30.1 Å². The van der Waals surface area contributed by atoms with Crippen molar-refractivity contribution in [1.29, 1.82) is 0 Å². The number of fused-ring (bicyclic) bond motifs is 1. The topological polar surface area (TPSA) is 99.9 Å². The number of benzene rings is 1. The number of piperidine rings is 1. The minimum Gasteiger partial charge on any atom is -0.467 e. The van der Waals surface area contributed by atoms with Crippen LogP contribution in [0.2, 0.25) is 0 Å². The fraction of sp³-hybridized carbons (Fsp3) is 0.429. The smallest absolute Gasteiger partial charge is 0.243 e. The van der Waals surface area contributed by atoms with Gasteiger partial charge in [-0.3, -0.25) is 14.5 Å². The van der Waals surface area contributed by atoms with Crippen molar-refractivity contribution in [1.82, 2.24) is 9.62 Å². The van der Waals surface area contributed by atoms with Crippen LogP contribution >= 0.6 is 0 Å². The molecule has 0 unspecified atom stereocenters. The van der Waals surface area contributed by atoms with Gasteiger partial charge in [-0.25, -0.2) is 8.42 Å². The molecule has 2 amide bonds. The van der Waals surface area contributed by atoms with Crippen LogP contribution in [0.3, 0.4) is 0 Å². The van der Waals surface area contributed by atoms with Crippen molar-refractivity contribution in [2.24, 2.45) is 0 Å². The standard InChI is InChI=1S/C21H25N3O5S/c1-15(25)24-19-8-7-18(30(27,28)23-9-3-2-4-10-23)12-16(19)13-20(24)21(26)22-14-17-6-5-11-29-17/h5-8,11-12,20H,2-4,9-10,13-14H2,1H3,(H,22,26)/t20-/m1/s1. The van der Waals surface area contributed by atoms with Gasteiger partial charge >= 0.3 is 0 Å². The number of hydrogen-bond donors (Lipinski definition) is 1. The first-order chi connectivity index (χ1) is 14.4. The molecule has 9 heteroatoms. The lowest BCUT2D eigenvalue weighted by Crippen LogP contribution is -2.47. The highest BCUT2D eigenvalue weighted by molar-refractivity contribution is 7.89. The zero-order valence-electron chi connectivity index (χ0n) is 16.8. The van der Waals surface area contributed by atoms with Gasteiger partial charge in [0.1, 0.15) is 11.8 Å². The second-order valence-corrected chi connectivity index (χ2v) is 9.60. The van der Waals surface area contributed by atoms with Crippen LogP contribution in [-0.2, 0) is 32.6 Å². The molecule has 0 saturated carbocycles. The molecule has 2 aliphatic rings. The van der Waals surface area contributed by atoms with E-state index in [4.69, 9.17) is 4.42 Å². The Labute approximate surface area is 175 Å². The van der Waals surface area contributed by atoms with Gasteiger partial charge in [-0.1, -0.05) is 6.42 Å². The fourth-order valence-corrected chi connectivity index (χ4v) is 5.72. The van der Waals surface area contributed by atoms with Gasteiger partial charge in [0.15, 0.2) is 0 Å². The third kappa shape index (κ3) is 3.87. The van der Waals surface area contributed by atoms with E-state index in [0.717, 1.165) is 19.3 Å². The first-order valence-corrected chi connectivity index (χ1v) is 11.5. The van der Waals surface area contributed by atoms with E-state index < -0.39 is 16.1 Å². The van der Waals surface area contributed by atoms with Crippen molar-refractivity contribution in [3.8, 4) is 0 Å². The van der Waals surface area contributed by atoms with Crippen LogP contribution in [0.15, 0.2) is 45.9 Å². The van der Waals surface area contributed by atoms with Crippen LogP contribution < -0.4 is 10.2 Å². The SMILES string of the molecule is CC(=O)N1c2ccc(S(=O)(=O)N3CCCCC3)cc2C[C@@H]1C(=O)NCc1ccco1. The Morgan fingerprint density at radius 1 is 1.17 bits per heavy atom. The summed E-state index contributed by atoms with van der Waals surface area (Å²) in [5.41, 5.74) is 1.26. The Morgan fingerprint density at radius 2 is 1.93 bits per heavy atom. The maximum Gasteiger partial charge on any atom is 0.243 e. The molecular formula is C21H25N3O5S. The summed E-state index contributed by atoms with van der Waals surface area (Å²) in [5, 5.41) is 2.79. The molecule has 2 aromatic rings. The molecule has 2 aliphatic heterocycles. The van der Waals surface area contributed by atoms with Crippen LogP contribution in [0.1, 0.15) is 37.5 Å². The summed E-state index contributed by atoms with van der Waals surface area (Å²) < 4.78 is 32.8. The molecule has 8 nitrogen and oxygen atoms in total. The molecule has 4 rings (SSSR count). The number of sulfonamides is 1. The van der Waals surface area contributed by atoms with E-state index in [9.17, 15) is 18.0 Å². The maximum atomic E-state index is 13.0. The third-order valence-electron chi connectivity index (χ3n) is 5.65. The van der Waals surface area contributed by atoms with Gasteiger partial charge in [-0.2, -0.15) is 4.31 Å². The zero-order valence-corrected chi connectivity index (χ0v) is 17.7. The van der Waals surface area contributed by atoms with Crippen molar-refractivity contribution in [3.05, 3.63) is 47.9 Å². The number of carbonyl (C=O) groups is 2. The summed E-state index contributed by atoms with van der Waals surface area (Å²) in [5.74, 6) is 0.0416. The largest absolute Gasteiger partial charge is 0.467 e. The first kappa shape index (κ1) is 20.6. The van der Waals surface area contributed by atoms with Crippen molar-refractivity contribution >= 4 is 27.5 Å². The summed E-state index contributed by atoms with van der Waals surface area (Å²) in [4.78, 5) is 26.7. The van der Waals surface area contributed by atoms with Crippen molar-refractivity contribution in [2.75, 3.05) is 18.0 Å². The van der Waals surface area contributed by atoms with Crippen LogP contribution in [0.25, 0.3) is 0 Å². The molecule has 160 valence electrons. The summed E-state index contributed by atoms with van der Waals surface area (Å²) >= 11 is 0. The van der Waals surface area contributed by atoms with E-state index >= 15 is 0 Å². The van der Waals surface area contributed by atoms with Gasteiger partial charge in [-0.15, -0.1) is 0 Å². The van der Waals surface area contributed by atoms with Crippen LogP contribution in [0.5, 0.6) is 0 Å². The number of nitrogens with one attached hydrogen (secondary N) is 1. The zero-order chi connectivity index (χ0) is 21.3. The molecule has 1 fully saturated rings. The van der Waals surface area contributed by atoms with E-state index in [1.165, 1.54) is 28.5 Å².